The maximum Gasteiger partial charge on any atom is 0.308 e. The second kappa shape index (κ2) is 7.45. The van der Waals surface area contributed by atoms with Crippen molar-refractivity contribution in [3.8, 4) is 5.75 Å². The molecule has 0 bridgehead atoms. The molecule has 4 nitrogen and oxygen atoms in total. The van der Waals surface area contributed by atoms with Crippen molar-refractivity contribution in [2.45, 2.75) is 27.7 Å². The SMILES string of the molecule is CC.CC(=O)Nc1cccc(OC(C)=O)c1. The Morgan fingerprint density at radius 2 is 1.81 bits per heavy atom. The third kappa shape index (κ3) is 5.80. The molecular weight excluding hydrogens is 206 g/mol. The highest BCUT2D eigenvalue weighted by atomic mass is 16.5. The molecule has 0 spiro atoms. The summed E-state index contributed by atoms with van der Waals surface area (Å²) >= 11 is 0. The molecule has 0 aliphatic heterocycles. The summed E-state index contributed by atoms with van der Waals surface area (Å²) in [5.41, 5.74) is 0.608. The van der Waals surface area contributed by atoms with E-state index in [0.717, 1.165) is 0 Å². The van der Waals surface area contributed by atoms with Gasteiger partial charge in [0.25, 0.3) is 0 Å². The Morgan fingerprint density at radius 1 is 1.19 bits per heavy atom. The predicted octanol–water partition coefficient (Wildman–Crippen LogP) is 2.60. The van der Waals surface area contributed by atoms with Crippen LogP contribution in [0, 0.1) is 0 Å². The van der Waals surface area contributed by atoms with Gasteiger partial charge in [-0.1, -0.05) is 19.9 Å². The van der Waals surface area contributed by atoms with E-state index in [9.17, 15) is 9.59 Å². The Balaban J connectivity index is 0.00000106. The molecule has 4 heteroatoms. The molecule has 0 aromatic heterocycles. The number of benzene rings is 1. The molecule has 0 atom stereocenters. The van der Waals surface area contributed by atoms with Crippen LogP contribution >= 0.6 is 0 Å². The molecule has 1 aromatic carbocycles. The Morgan fingerprint density at radius 3 is 2.31 bits per heavy atom. The molecule has 0 radical (unpaired) electrons. The van der Waals surface area contributed by atoms with Gasteiger partial charge in [-0.05, 0) is 12.1 Å². The topological polar surface area (TPSA) is 55.4 Å². The highest BCUT2D eigenvalue weighted by Crippen LogP contribution is 2.17. The highest BCUT2D eigenvalue weighted by Gasteiger charge is 2.00. The van der Waals surface area contributed by atoms with Crippen LogP contribution in [0.25, 0.3) is 0 Å². The van der Waals surface area contributed by atoms with E-state index >= 15 is 0 Å². The molecule has 1 amide bonds. The lowest BCUT2D eigenvalue weighted by Crippen LogP contribution is -2.06. The molecule has 0 fully saturated rings. The standard InChI is InChI=1S/C10H11NO3.C2H6/c1-7(12)11-9-4-3-5-10(6-9)14-8(2)13;1-2/h3-6H,1-2H3,(H,11,12);1-2H3. The number of carbonyl (C=O) groups is 2. The first kappa shape index (κ1) is 14.2. The number of carbonyl (C=O) groups excluding carboxylic acids is 2. The number of anilines is 1. The molecule has 1 aromatic rings. The number of amides is 1. The number of ether oxygens (including phenoxy) is 1. The van der Waals surface area contributed by atoms with Crippen molar-refractivity contribution in [3.05, 3.63) is 24.3 Å². The molecule has 0 saturated carbocycles. The van der Waals surface area contributed by atoms with Crippen molar-refractivity contribution in [2.24, 2.45) is 0 Å². The fraction of sp³-hybridized carbons (Fsp3) is 0.333. The van der Waals surface area contributed by atoms with Gasteiger partial charge in [0.05, 0.1) is 0 Å². The largest absolute Gasteiger partial charge is 0.427 e. The van der Waals surface area contributed by atoms with Crippen molar-refractivity contribution in [3.63, 3.8) is 0 Å². The van der Waals surface area contributed by atoms with Crippen LogP contribution in [0.15, 0.2) is 24.3 Å². The van der Waals surface area contributed by atoms with Crippen molar-refractivity contribution in [2.75, 3.05) is 5.32 Å². The summed E-state index contributed by atoms with van der Waals surface area (Å²) in [6.07, 6.45) is 0. The molecule has 16 heavy (non-hydrogen) atoms. The minimum absolute atomic E-state index is 0.162. The number of hydrogen-bond donors (Lipinski definition) is 1. The Bertz CT molecular complexity index is 330. The van der Waals surface area contributed by atoms with Crippen LogP contribution in [0.3, 0.4) is 0 Å². The summed E-state index contributed by atoms with van der Waals surface area (Å²) in [5.74, 6) is -0.126. The summed E-state index contributed by atoms with van der Waals surface area (Å²) in [7, 11) is 0. The van der Waals surface area contributed by atoms with E-state index in [0.29, 0.717) is 11.4 Å². The minimum atomic E-state index is -0.384. The Labute approximate surface area is 95.6 Å². The smallest absolute Gasteiger partial charge is 0.308 e. The van der Waals surface area contributed by atoms with Crippen LogP contribution < -0.4 is 10.1 Å². The van der Waals surface area contributed by atoms with Gasteiger partial charge in [0.2, 0.25) is 5.91 Å². The number of esters is 1. The molecule has 0 heterocycles. The average Bonchev–Trinajstić information content (AvgIpc) is 2.19. The highest BCUT2D eigenvalue weighted by molar-refractivity contribution is 5.88. The fourth-order valence-corrected chi connectivity index (χ4v) is 1.01. The van der Waals surface area contributed by atoms with E-state index in [1.54, 1.807) is 24.3 Å². The zero-order valence-electron chi connectivity index (χ0n) is 10.0. The van der Waals surface area contributed by atoms with Gasteiger partial charge in [0, 0.05) is 25.6 Å². The molecule has 88 valence electrons. The molecular formula is C12H17NO3. The van der Waals surface area contributed by atoms with Gasteiger partial charge >= 0.3 is 5.97 Å². The predicted molar refractivity (Wildman–Crippen MR) is 63.4 cm³/mol. The fourth-order valence-electron chi connectivity index (χ4n) is 1.01. The second-order valence-corrected chi connectivity index (χ2v) is 2.80. The molecule has 0 aliphatic carbocycles. The van der Waals surface area contributed by atoms with Gasteiger partial charge in [0.1, 0.15) is 5.75 Å². The number of hydrogen-bond acceptors (Lipinski definition) is 3. The number of nitrogens with one attached hydrogen (secondary N) is 1. The van der Waals surface area contributed by atoms with Crippen LogP contribution in [0.5, 0.6) is 5.75 Å². The average molecular weight is 223 g/mol. The maximum atomic E-state index is 10.7. The summed E-state index contributed by atoms with van der Waals surface area (Å²) in [4.78, 5) is 21.4. The van der Waals surface area contributed by atoms with Crippen molar-refractivity contribution in [1.29, 1.82) is 0 Å². The van der Waals surface area contributed by atoms with E-state index in [4.69, 9.17) is 4.74 Å². The summed E-state index contributed by atoms with van der Waals surface area (Å²) < 4.78 is 4.85. The number of rotatable bonds is 2. The van der Waals surface area contributed by atoms with Gasteiger partial charge < -0.3 is 10.1 Å². The maximum absolute atomic E-state index is 10.7. The summed E-state index contributed by atoms with van der Waals surface area (Å²) in [6, 6.07) is 6.65. The van der Waals surface area contributed by atoms with Crippen LogP contribution in [-0.4, -0.2) is 11.9 Å². The Hall–Kier alpha value is -1.84. The quantitative estimate of drug-likeness (QED) is 0.619. The lowest BCUT2D eigenvalue weighted by atomic mass is 10.3. The van der Waals surface area contributed by atoms with Gasteiger partial charge in [-0.2, -0.15) is 0 Å². The van der Waals surface area contributed by atoms with Gasteiger partial charge in [-0.15, -0.1) is 0 Å². The van der Waals surface area contributed by atoms with Crippen molar-refractivity contribution >= 4 is 17.6 Å². The van der Waals surface area contributed by atoms with Gasteiger partial charge in [-0.3, -0.25) is 9.59 Å². The van der Waals surface area contributed by atoms with Gasteiger partial charge in [-0.25, -0.2) is 0 Å². The third-order valence-corrected chi connectivity index (χ3v) is 1.42. The summed E-state index contributed by atoms with van der Waals surface area (Å²) in [5, 5.41) is 2.59. The molecule has 0 saturated heterocycles. The van der Waals surface area contributed by atoms with Crippen LogP contribution in [0.1, 0.15) is 27.7 Å². The first-order chi connectivity index (χ1) is 7.58. The normalized spacial score (nSPS) is 8.50. The van der Waals surface area contributed by atoms with Crippen LogP contribution in [-0.2, 0) is 9.59 Å². The lowest BCUT2D eigenvalue weighted by molar-refractivity contribution is -0.131. The Kier molecular flexibility index (Phi) is 6.59. The third-order valence-electron chi connectivity index (χ3n) is 1.42. The summed E-state index contributed by atoms with van der Waals surface area (Å²) in [6.45, 7) is 6.74. The first-order valence-electron chi connectivity index (χ1n) is 5.14. The van der Waals surface area contributed by atoms with E-state index in [1.807, 2.05) is 13.8 Å². The molecule has 0 aliphatic rings. The van der Waals surface area contributed by atoms with E-state index in [-0.39, 0.29) is 11.9 Å². The van der Waals surface area contributed by atoms with Gasteiger partial charge in [0.15, 0.2) is 0 Å². The zero-order chi connectivity index (χ0) is 12.6. The molecule has 1 N–H and O–H groups in total. The van der Waals surface area contributed by atoms with Crippen LogP contribution in [0.4, 0.5) is 5.69 Å². The van der Waals surface area contributed by atoms with Crippen molar-refractivity contribution in [1.82, 2.24) is 0 Å². The molecule has 1 rings (SSSR count). The second-order valence-electron chi connectivity index (χ2n) is 2.80. The minimum Gasteiger partial charge on any atom is -0.427 e. The molecule has 0 unspecified atom stereocenters. The van der Waals surface area contributed by atoms with E-state index in [1.165, 1.54) is 13.8 Å². The van der Waals surface area contributed by atoms with Crippen LogP contribution in [0.2, 0.25) is 0 Å². The monoisotopic (exact) mass is 223 g/mol. The van der Waals surface area contributed by atoms with E-state index in [2.05, 4.69) is 5.32 Å². The van der Waals surface area contributed by atoms with E-state index < -0.39 is 0 Å². The zero-order valence-corrected chi connectivity index (χ0v) is 10.0. The van der Waals surface area contributed by atoms with Crippen molar-refractivity contribution < 1.29 is 14.3 Å². The lowest BCUT2D eigenvalue weighted by Gasteiger charge is -2.04. The first-order valence-corrected chi connectivity index (χ1v) is 5.14.